The van der Waals surface area contributed by atoms with Crippen LogP contribution in [0.15, 0.2) is 30.6 Å². The Hall–Kier alpha value is -1.37. The third-order valence-electron chi connectivity index (χ3n) is 2.59. The Morgan fingerprint density at radius 1 is 1.00 bits per heavy atom. The number of aromatic nitrogens is 2. The van der Waals surface area contributed by atoms with Gasteiger partial charge in [0.2, 0.25) is 5.82 Å². The standard InChI is InChI=1S/C12H8Cl2F3N3/c13-8-2-1-6(3-9(8)14)10(18)7-4-19-11(20-5-7)12(15,16)17/h1-5,10H,18H2. The molecule has 2 rings (SSSR count). The van der Waals surface area contributed by atoms with Crippen molar-refractivity contribution in [3.05, 3.63) is 57.6 Å². The number of nitrogens with two attached hydrogens (primary N) is 1. The summed E-state index contributed by atoms with van der Waals surface area (Å²) in [7, 11) is 0. The van der Waals surface area contributed by atoms with E-state index in [1.54, 1.807) is 18.2 Å². The fourth-order valence-electron chi connectivity index (χ4n) is 1.54. The van der Waals surface area contributed by atoms with E-state index < -0.39 is 18.0 Å². The molecule has 0 aliphatic rings. The molecule has 0 saturated heterocycles. The molecule has 1 aromatic heterocycles. The Bertz CT molecular complexity index is 614. The van der Waals surface area contributed by atoms with Crippen molar-refractivity contribution in [2.24, 2.45) is 5.73 Å². The van der Waals surface area contributed by atoms with Crippen LogP contribution in [-0.4, -0.2) is 9.97 Å². The second-order valence-corrected chi connectivity index (χ2v) is 4.80. The number of benzene rings is 1. The molecule has 0 bridgehead atoms. The zero-order valence-electron chi connectivity index (χ0n) is 9.83. The van der Waals surface area contributed by atoms with Crippen LogP contribution in [0.2, 0.25) is 10.0 Å². The van der Waals surface area contributed by atoms with Crippen LogP contribution in [0.1, 0.15) is 23.0 Å². The summed E-state index contributed by atoms with van der Waals surface area (Å²) < 4.78 is 37.1. The summed E-state index contributed by atoms with van der Waals surface area (Å²) in [4.78, 5) is 6.52. The molecular weight excluding hydrogens is 314 g/mol. The topological polar surface area (TPSA) is 51.8 Å². The molecule has 1 unspecified atom stereocenters. The minimum atomic E-state index is -4.58. The van der Waals surface area contributed by atoms with Gasteiger partial charge in [-0.1, -0.05) is 29.3 Å². The highest BCUT2D eigenvalue weighted by Gasteiger charge is 2.34. The van der Waals surface area contributed by atoms with Crippen LogP contribution in [0.3, 0.4) is 0 Å². The van der Waals surface area contributed by atoms with Gasteiger partial charge in [0.05, 0.1) is 16.1 Å². The van der Waals surface area contributed by atoms with E-state index in [1.165, 1.54) is 0 Å². The lowest BCUT2D eigenvalue weighted by Crippen LogP contribution is -2.15. The maximum absolute atomic E-state index is 12.4. The molecular formula is C12H8Cl2F3N3. The second-order valence-electron chi connectivity index (χ2n) is 3.99. The van der Waals surface area contributed by atoms with Crippen LogP contribution in [0.25, 0.3) is 0 Å². The average molecular weight is 322 g/mol. The second kappa shape index (κ2) is 5.55. The van der Waals surface area contributed by atoms with Gasteiger partial charge in [0.15, 0.2) is 0 Å². The van der Waals surface area contributed by atoms with Crippen molar-refractivity contribution in [2.45, 2.75) is 12.2 Å². The van der Waals surface area contributed by atoms with Crippen molar-refractivity contribution in [2.75, 3.05) is 0 Å². The molecule has 8 heteroatoms. The van der Waals surface area contributed by atoms with Crippen molar-refractivity contribution < 1.29 is 13.2 Å². The Morgan fingerprint density at radius 3 is 2.10 bits per heavy atom. The van der Waals surface area contributed by atoms with Crippen molar-refractivity contribution >= 4 is 23.2 Å². The van der Waals surface area contributed by atoms with E-state index in [2.05, 4.69) is 9.97 Å². The third kappa shape index (κ3) is 3.20. The lowest BCUT2D eigenvalue weighted by molar-refractivity contribution is -0.145. The predicted molar refractivity (Wildman–Crippen MR) is 69.5 cm³/mol. The summed E-state index contributed by atoms with van der Waals surface area (Å²) in [6.07, 6.45) is -2.49. The maximum Gasteiger partial charge on any atom is 0.451 e. The quantitative estimate of drug-likeness (QED) is 0.914. The van der Waals surface area contributed by atoms with Gasteiger partial charge >= 0.3 is 6.18 Å². The highest BCUT2D eigenvalue weighted by atomic mass is 35.5. The number of hydrogen-bond acceptors (Lipinski definition) is 3. The molecule has 2 aromatic rings. The molecule has 0 aliphatic carbocycles. The van der Waals surface area contributed by atoms with Gasteiger partial charge in [-0.05, 0) is 17.7 Å². The van der Waals surface area contributed by atoms with Crippen LogP contribution in [0.5, 0.6) is 0 Å². The van der Waals surface area contributed by atoms with Crippen molar-refractivity contribution in [3.8, 4) is 0 Å². The Morgan fingerprint density at radius 2 is 1.60 bits per heavy atom. The van der Waals surface area contributed by atoms with Gasteiger partial charge in [-0.2, -0.15) is 13.2 Å². The molecule has 1 aromatic carbocycles. The first-order valence-corrected chi connectivity index (χ1v) is 6.14. The largest absolute Gasteiger partial charge is 0.451 e. The minimum absolute atomic E-state index is 0.312. The molecule has 2 N–H and O–H groups in total. The molecule has 1 atom stereocenters. The Labute approximate surface area is 122 Å². The van der Waals surface area contributed by atoms with Crippen LogP contribution in [0, 0.1) is 0 Å². The first-order chi connectivity index (χ1) is 9.29. The van der Waals surface area contributed by atoms with E-state index in [0.717, 1.165) is 12.4 Å². The van der Waals surface area contributed by atoms with Crippen LogP contribution < -0.4 is 5.73 Å². The van der Waals surface area contributed by atoms with E-state index >= 15 is 0 Å². The molecule has 1 heterocycles. The molecule has 0 spiro atoms. The minimum Gasteiger partial charge on any atom is -0.320 e. The summed E-state index contributed by atoms with van der Waals surface area (Å²) in [6.45, 7) is 0. The SMILES string of the molecule is NC(c1cnc(C(F)(F)F)nc1)c1ccc(Cl)c(Cl)c1. The Balaban J connectivity index is 2.29. The highest BCUT2D eigenvalue weighted by Crippen LogP contribution is 2.29. The van der Waals surface area contributed by atoms with E-state index in [0.29, 0.717) is 21.2 Å². The van der Waals surface area contributed by atoms with Crippen molar-refractivity contribution in [3.63, 3.8) is 0 Å². The van der Waals surface area contributed by atoms with Gasteiger partial charge in [0.25, 0.3) is 0 Å². The number of nitrogens with zero attached hydrogens (tertiary/aromatic N) is 2. The first kappa shape index (κ1) is 15.0. The first-order valence-electron chi connectivity index (χ1n) is 5.38. The summed E-state index contributed by atoms with van der Waals surface area (Å²) in [5.41, 5.74) is 6.88. The highest BCUT2D eigenvalue weighted by molar-refractivity contribution is 6.42. The number of rotatable bonds is 2. The number of halogens is 5. The lowest BCUT2D eigenvalue weighted by Gasteiger charge is -2.13. The predicted octanol–water partition coefficient (Wildman–Crippen LogP) is 3.85. The zero-order chi connectivity index (χ0) is 14.9. The molecule has 0 saturated carbocycles. The number of alkyl halides is 3. The van der Waals surface area contributed by atoms with Crippen molar-refractivity contribution in [1.82, 2.24) is 9.97 Å². The van der Waals surface area contributed by atoms with Crippen LogP contribution in [-0.2, 0) is 6.18 Å². The third-order valence-corrected chi connectivity index (χ3v) is 3.33. The lowest BCUT2D eigenvalue weighted by atomic mass is 10.0. The van der Waals surface area contributed by atoms with Gasteiger partial charge in [0, 0.05) is 18.0 Å². The zero-order valence-corrected chi connectivity index (χ0v) is 11.3. The van der Waals surface area contributed by atoms with Gasteiger partial charge in [-0.3, -0.25) is 0 Å². The molecule has 0 fully saturated rings. The maximum atomic E-state index is 12.4. The fraction of sp³-hybridized carbons (Fsp3) is 0.167. The smallest absolute Gasteiger partial charge is 0.320 e. The Kier molecular flexibility index (Phi) is 4.17. The molecule has 106 valence electrons. The molecule has 0 amide bonds. The molecule has 0 aliphatic heterocycles. The van der Waals surface area contributed by atoms with Gasteiger partial charge < -0.3 is 5.73 Å². The molecule has 0 radical (unpaired) electrons. The van der Waals surface area contributed by atoms with E-state index in [9.17, 15) is 13.2 Å². The van der Waals surface area contributed by atoms with E-state index in [1.807, 2.05) is 0 Å². The monoisotopic (exact) mass is 321 g/mol. The summed E-state index contributed by atoms with van der Waals surface area (Å²) in [5.74, 6) is -1.21. The normalized spacial score (nSPS) is 13.3. The van der Waals surface area contributed by atoms with Crippen LogP contribution >= 0.6 is 23.2 Å². The molecule has 20 heavy (non-hydrogen) atoms. The van der Waals surface area contributed by atoms with Gasteiger partial charge in [-0.25, -0.2) is 9.97 Å². The van der Waals surface area contributed by atoms with E-state index in [-0.39, 0.29) is 0 Å². The summed E-state index contributed by atoms with van der Waals surface area (Å²) in [5, 5.41) is 0.679. The van der Waals surface area contributed by atoms with E-state index in [4.69, 9.17) is 28.9 Å². The van der Waals surface area contributed by atoms with Crippen LogP contribution in [0.4, 0.5) is 13.2 Å². The summed E-state index contributed by atoms with van der Waals surface area (Å²) in [6, 6.07) is 4.05. The fourth-order valence-corrected chi connectivity index (χ4v) is 1.85. The number of hydrogen-bond donors (Lipinski definition) is 1. The average Bonchev–Trinajstić information content (AvgIpc) is 2.40. The summed E-state index contributed by atoms with van der Waals surface area (Å²) >= 11 is 11.6. The molecule has 3 nitrogen and oxygen atoms in total. The van der Waals surface area contributed by atoms with Crippen molar-refractivity contribution in [1.29, 1.82) is 0 Å². The van der Waals surface area contributed by atoms with Gasteiger partial charge in [-0.15, -0.1) is 0 Å². The van der Waals surface area contributed by atoms with Gasteiger partial charge in [0.1, 0.15) is 0 Å².